The van der Waals surface area contributed by atoms with Gasteiger partial charge in [0.15, 0.2) is 0 Å². The Morgan fingerprint density at radius 2 is 1.90 bits per heavy atom. The minimum absolute atomic E-state index is 0.0150. The highest BCUT2D eigenvalue weighted by Crippen LogP contribution is 2.37. The third-order valence-corrected chi connectivity index (χ3v) is 2.76. The highest BCUT2D eigenvalue weighted by atomic mass is 19.4. The van der Waals surface area contributed by atoms with Crippen molar-refractivity contribution in [3.8, 4) is 11.8 Å². The van der Waals surface area contributed by atoms with Crippen LogP contribution in [0.3, 0.4) is 0 Å². The van der Waals surface area contributed by atoms with Crippen LogP contribution in [0.1, 0.15) is 16.7 Å². The molecule has 0 atom stereocenters. The Labute approximate surface area is 119 Å². The van der Waals surface area contributed by atoms with Crippen molar-refractivity contribution in [3.63, 3.8) is 0 Å². The van der Waals surface area contributed by atoms with Gasteiger partial charge in [-0.2, -0.15) is 18.4 Å². The standard InChI is InChI=1S/C15H11F3N2O/c16-15(17,18)13-7-12(20)4-5-14(13)21-9-11-3-1-2-10(6-11)8-19/h1-7H,9,20H2. The van der Waals surface area contributed by atoms with E-state index < -0.39 is 11.7 Å². The van der Waals surface area contributed by atoms with Gasteiger partial charge in [-0.1, -0.05) is 12.1 Å². The molecule has 108 valence electrons. The first-order valence-corrected chi connectivity index (χ1v) is 5.98. The van der Waals surface area contributed by atoms with Crippen molar-refractivity contribution in [2.45, 2.75) is 12.8 Å². The molecule has 0 aliphatic heterocycles. The van der Waals surface area contributed by atoms with Gasteiger partial charge >= 0.3 is 6.18 Å². The molecule has 21 heavy (non-hydrogen) atoms. The van der Waals surface area contributed by atoms with E-state index in [4.69, 9.17) is 15.7 Å². The van der Waals surface area contributed by atoms with Gasteiger partial charge in [0.05, 0.1) is 17.2 Å². The Balaban J connectivity index is 2.22. The maximum atomic E-state index is 12.9. The van der Waals surface area contributed by atoms with Gasteiger partial charge in [-0.25, -0.2) is 0 Å². The fraction of sp³-hybridized carbons (Fsp3) is 0.133. The lowest BCUT2D eigenvalue weighted by Gasteiger charge is -2.14. The average Bonchev–Trinajstić information content (AvgIpc) is 2.45. The molecule has 2 rings (SSSR count). The van der Waals surface area contributed by atoms with Gasteiger partial charge in [-0.05, 0) is 35.9 Å². The van der Waals surface area contributed by atoms with E-state index in [0.29, 0.717) is 11.1 Å². The first kappa shape index (κ1) is 14.7. The normalized spacial score (nSPS) is 11.0. The molecule has 0 heterocycles. The Morgan fingerprint density at radius 3 is 2.57 bits per heavy atom. The summed E-state index contributed by atoms with van der Waals surface area (Å²) in [7, 11) is 0. The van der Waals surface area contributed by atoms with Crippen molar-refractivity contribution < 1.29 is 17.9 Å². The quantitative estimate of drug-likeness (QED) is 0.877. The highest BCUT2D eigenvalue weighted by molar-refractivity contribution is 5.49. The molecule has 3 nitrogen and oxygen atoms in total. The first-order chi connectivity index (χ1) is 9.90. The van der Waals surface area contributed by atoms with Crippen LogP contribution in [0.4, 0.5) is 18.9 Å². The number of nitrogens with zero attached hydrogens (tertiary/aromatic N) is 1. The molecule has 0 saturated heterocycles. The van der Waals surface area contributed by atoms with Crippen LogP contribution in [-0.4, -0.2) is 0 Å². The average molecular weight is 292 g/mol. The van der Waals surface area contributed by atoms with Crippen LogP contribution >= 0.6 is 0 Å². The lowest BCUT2D eigenvalue weighted by molar-refractivity contribution is -0.139. The van der Waals surface area contributed by atoms with Gasteiger partial charge in [-0.3, -0.25) is 0 Å². The topological polar surface area (TPSA) is 59.0 Å². The second kappa shape index (κ2) is 5.75. The van der Waals surface area contributed by atoms with E-state index in [9.17, 15) is 13.2 Å². The molecule has 0 bridgehead atoms. The van der Waals surface area contributed by atoms with E-state index in [1.165, 1.54) is 12.1 Å². The smallest absolute Gasteiger partial charge is 0.420 e. The molecule has 2 aromatic rings. The number of nitriles is 1. The van der Waals surface area contributed by atoms with Crippen LogP contribution in [0.25, 0.3) is 0 Å². The number of halogens is 3. The summed E-state index contributed by atoms with van der Waals surface area (Å²) in [6.45, 7) is -0.0669. The van der Waals surface area contributed by atoms with Crippen molar-refractivity contribution in [2.24, 2.45) is 0 Å². The number of ether oxygens (including phenoxy) is 1. The zero-order valence-corrected chi connectivity index (χ0v) is 10.8. The summed E-state index contributed by atoms with van der Waals surface area (Å²) >= 11 is 0. The molecule has 0 unspecified atom stereocenters. The van der Waals surface area contributed by atoms with Gasteiger partial charge < -0.3 is 10.5 Å². The molecule has 0 aromatic heterocycles. The Kier molecular flexibility index (Phi) is 4.03. The lowest BCUT2D eigenvalue weighted by atomic mass is 10.1. The van der Waals surface area contributed by atoms with Gasteiger partial charge in [-0.15, -0.1) is 0 Å². The number of benzene rings is 2. The molecule has 2 aromatic carbocycles. The van der Waals surface area contributed by atoms with Gasteiger partial charge in [0, 0.05) is 5.69 Å². The summed E-state index contributed by atoms with van der Waals surface area (Å²) in [5, 5.41) is 8.78. The monoisotopic (exact) mass is 292 g/mol. The molecule has 0 radical (unpaired) electrons. The lowest BCUT2D eigenvalue weighted by Crippen LogP contribution is -2.09. The molecule has 0 spiro atoms. The summed E-state index contributed by atoms with van der Waals surface area (Å²) in [4.78, 5) is 0. The first-order valence-electron chi connectivity index (χ1n) is 5.98. The molecule has 0 saturated carbocycles. The van der Waals surface area contributed by atoms with E-state index in [1.54, 1.807) is 24.3 Å². The number of hydrogen-bond acceptors (Lipinski definition) is 3. The molecule has 2 N–H and O–H groups in total. The third kappa shape index (κ3) is 3.66. The van der Waals surface area contributed by atoms with Crippen LogP contribution in [0.5, 0.6) is 5.75 Å². The summed E-state index contributed by atoms with van der Waals surface area (Å²) in [5.74, 6) is -0.293. The number of rotatable bonds is 3. The van der Waals surface area contributed by atoms with Crippen LogP contribution in [0.15, 0.2) is 42.5 Å². The van der Waals surface area contributed by atoms with E-state index in [-0.39, 0.29) is 18.0 Å². The van der Waals surface area contributed by atoms with Crippen LogP contribution in [0.2, 0.25) is 0 Å². The fourth-order valence-electron chi connectivity index (χ4n) is 1.79. The Morgan fingerprint density at radius 1 is 1.14 bits per heavy atom. The number of anilines is 1. The number of hydrogen-bond donors (Lipinski definition) is 1. The summed E-state index contributed by atoms with van der Waals surface area (Å²) < 4.78 is 43.9. The maximum Gasteiger partial charge on any atom is 0.420 e. The van der Waals surface area contributed by atoms with Crippen molar-refractivity contribution in [2.75, 3.05) is 5.73 Å². The van der Waals surface area contributed by atoms with Crippen LogP contribution in [0, 0.1) is 11.3 Å². The van der Waals surface area contributed by atoms with E-state index in [0.717, 1.165) is 6.07 Å². The fourth-order valence-corrected chi connectivity index (χ4v) is 1.79. The predicted octanol–water partition coefficient (Wildman–Crippen LogP) is 3.74. The van der Waals surface area contributed by atoms with Crippen molar-refractivity contribution in [1.29, 1.82) is 5.26 Å². The minimum Gasteiger partial charge on any atom is -0.488 e. The number of nitrogen functional groups attached to an aromatic ring is 1. The molecule has 6 heteroatoms. The summed E-state index contributed by atoms with van der Waals surface area (Å²) in [6.07, 6.45) is -4.54. The van der Waals surface area contributed by atoms with E-state index >= 15 is 0 Å². The molecular weight excluding hydrogens is 281 g/mol. The van der Waals surface area contributed by atoms with Gasteiger partial charge in [0.25, 0.3) is 0 Å². The van der Waals surface area contributed by atoms with Gasteiger partial charge in [0.2, 0.25) is 0 Å². The maximum absolute atomic E-state index is 12.9. The van der Waals surface area contributed by atoms with Crippen molar-refractivity contribution in [1.82, 2.24) is 0 Å². The largest absolute Gasteiger partial charge is 0.488 e. The predicted molar refractivity (Wildman–Crippen MR) is 71.3 cm³/mol. The van der Waals surface area contributed by atoms with Crippen molar-refractivity contribution in [3.05, 3.63) is 59.2 Å². The van der Waals surface area contributed by atoms with Gasteiger partial charge in [0.1, 0.15) is 12.4 Å². The molecular formula is C15H11F3N2O. The zero-order chi connectivity index (χ0) is 15.5. The molecule has 0 amide bonds. The zero-order valence-electron chi connectivity index (χ0n) is 10.8. The summed E-state index contributed by atoms with van der Waals surface area (Å²) in [5.41, 5.74) is 5.51. The second-order valence-corrected chi connectivity index (χ2v) is 4.35. The summed E-state index contributed by atoms with van der Waals surface area (Å²) in [6, 6.07) is 11.8. The molecule has 0 aliphatic rings. The number of nitrogens with two attached hydrogens (primary N) is 1. The molecule has 0 fully saturated rings. The second-order valence-electron chi connectivity index (χ2n) is 4.35. The molecule has 0 aliphatic carbocycles. The number of alkyl halides is 3. The van der Waals surface area contributed by atoms with Crippen LogP contribution < -0.4 is 10.5 Å². The third-order valence-electron chi connectivity index (χ3n) is 2.76. The van der Waals surface area contributed by atoms with Crippen molar-refractivity contribution >= 4 is 5.69 Å². The Bertz CT molecular complexity index is 690. The Hall–Kier alpha value is -2.68. The minimum atomic E-state index is -4.54. The van der Waals surface area contributed by atoms with Crippen LogP contribution in [-0.2, 0) is 12.8 Å². The SMILES string of the molecule is N#Cc1cccc(COc2ccc(N)cc2C(F)(F)F)c1. The van der Waals surface area contributed by atoms with E-state index in [1.807, 2.05) is 6.07 Å². The highest BCUT2D eigenvalue weighted by Gasteiger charge is 2.34. The van der Waals surface area contributed by atoms with E-state index in [2.05, 4.69) is 0 Å².